The van der Waals surface area contributed by atoms with E-state index in [4.69, 9.17) is 9.47 Å². The first kappa shape index (κ1) is 26.2. The summed E-state index contributed by atoms with van der Waals surface area (Å²) >= 11 is 0. The van der Waals surface area contributed by atoms with Gasteiger partial charge in [-0.1, -0.05) is 96.6 Å². The summed E-state index contributed by atoms with van der Waals surface area (Å²) in [5.41, 5.74) is 1.11. The first-order valence-electron chi connectivity index (χ1n) is 12.1. The second kappa shape index (κ2) is 18.0. The highest BCUT2D eigenvalue weighted by Gasteiger charge is 2.10. The quantitative estimate of drug-likeness (QED) is 0.144. The number of hydrogen-bond donors (Lipinski definition) is 0. The van der Waals surface area contributed by atoms with E-state index in [2.05, 4.69) is 6.92 Å². The van der Waals surface area contributed by atoms with Crippen LogP contribution in [-0.2, 0) is 20.7 Å². The molecule has 4 nitrogen and oxygen atoms in total. The molecular formula is C26H42O4. The maximum Gasteiger partial charge on any atom is 0.311 e. The first-order valence-corrected chi connectivity index (χ1v) is 12.1. The zero-order valence-corrected chi connectivity index (χ0v) is 19.3. The molecule has 0 amide bonds. The standard InChI is InChI=1S/C26H42O4/c1-3-5-6-7-8-9-10-11-12-13-14-15-21-29-25(27)19-20-26(28)30-24-18-16-17-23(4-2)22-24/h16-18,22H,3-15,19-21H2,1-2H3. The van der Waals surface area contributed by atoms with Crippen molar-refractivity contribution in [2.45, 2.75) is 110 Å². The Morgan fingerprint density at radius 1 is 0.733 bits per heavy atom. The van der Waals surface area contributed by atoms with E-state index in [1.54, 1.807) is 6.07 Å². The van der Waals surface area contributed by atoms with Crippen LogP contribution in [0, 0.1) is 0 Å². The number of benzene rings is 1. The summed E-state index contributed by atoms with van der Waals surface area (Å²) in [4.78, 5) is 23.6. The van der Waals surface area contributed by atoms with Crippen molar-refractivity contribution in [1.29, 1.82) is 0 Å². The lowest BCUT2D eigenvalue weighted by Gasteiger charge is -2.07. The Morgan fingerprint density at radius 3 is 1.90 bits per heavy atom. The lowest BCUT2D eigenvalue weighted by atomic mass is 10.1. The summed E-state index contributed by atoms with van der Waals surface area (Å²) in [6.45, 7) is 4.75. The molecule has 0 N–H and O–H groups in total. The molecule has 0 radical (unpaired) electrons. The van der Waals surface area contributed by atoms with Crippen molar-refractivity contribution < 1.29 is 19.1 Å². The number of ether oxygens (including phenoxy) is 2. The lowest BCUT2D eigenvalue weighted by molar-refractivity contribution is -0.147. The van der Waals surface area contributed by atoms with Gasteiger partial charge in [-0.15, -0.1) is 0 Å². The van der Waals surface area contributed by atoms with Gasteiger partial charge in [0.15, 0.2) is 0 Å². The van der Waals surface area contributed by atoms with Gasteiger partial charge in [-0.05, 0) is 30.5 Å². The van der Waals surface area contributed by atoms with Gasteiger partial charge in [0.25, 0.3) is 0 Å². The zero-order chi connectivity index (χ0) is 21.9. The lowest BCUT2D eigenvalue weighted by Crippen LogP contribution is -2.13. The van der Waals surface area contributed by atoms with Crippen molar-refractivity contribution >= 4 is 11.9 Å². The zero-order valence-electron chi connectivity index (χ0n) is 19.3. The Balaban J connectivity index is 1.93. The highest BCUT2D eigenvalue weighted by atomic mass is 16.5. The summed E-state index contributed by atoms with van der Waals surface area (Å²) in [5.74, 6) is -0.188. The third-order valence-corrected chi connectivity index (χ3v) is 5.33. The van der Waals surface area contributed by atoms with Gasteiger partial charge in [0.2, 0.25) is 0 Å². The number of carbonyl (C=O) groups excluding carboxylic acids is 2. The van der Waals surface area contributed by atoms with Crippen molar-refractivity contribution in [3.05, 3.63) is 29.8 Å². The second-order valence-corrected chi connectivity index (χ2v) is 8.08. The summed E-state index contributed by atoms with van der Waals surface area (Å²) < 4.78 is 10.5. The van der Waals surface area contributed by atoms with E-state index in [1.165, 1.54) is 64.2 Å². The normalized spacial score (nSPS) is 10.7. The molecule has 0 aliphatic rings. The molecule has 0 unspecified atom stereocenters. The SMILES string of the molecule is CCCCCCCCCCCCCCOC(=O)CCC(=O)Oc1cccc(CC)c1. The molecule has 1 aromatic carbocycles. The molecule has 0 bridgehead atoms. The average molecular weight is 419 g/mol. The summed E-state index contributed by atoms with van der Waals surface area (Å²) in [6, 6.07) is 7.46. The molecule has 1 aromatic rings. The van der Waals surface area contributed by atoms with Crippen molar-refractivity contribution in [2.75, 3.05) is 6.61 Å². The van der Waals surface area contributed by atoms with E-state index >= 15 is 0 Å². The van der Waals surface area contributed by atoms with Crippen molar-refractivity contribution in [1.82, 2.24) is 0 Å². The Bertz CT molecular complexity index is 582. The van der Waals surface area contributed by atoms with Crippen LogP contribution in [0.3, 0.4) is 0 Å². The smallest absolute Gasteiger partial charge is 0.311 e. The number of aryl methyl sites for hydroxylation is 1. The fourth-order valence-corrected chi connectivity index (χ4v) is 3.42. The molecule has 30 heavy (non-hydrogen) atoms. The Morgan fingerprint density at radius 2 is 1.30 bits per heavy atom. The Labute approximate surface area is 183 Å². The third kappa shape index (κ3) is 14.2. The number of rotatable bonds is 18. The summed E-state index contributed by atoms with van der Waals surface area (Å²) in [7, 11) is 0. The Hall–Kier alpha value is -1.84. The van der Waals surface area contributed by atoms with Gasteiger partial charge >= 0.3 is 11.9 Å². The van der Waals surface area contributed by atoms with Gasteiger partial charge in [-0.25, -0.2) is 0 Å². The Kier molecular flexibility index (Phi) is 15.7. The van der Waals surface area contributed by atoms with E-state index < -0.39 is 5.97 Å². The van der Waals surface area contributed by atoms with E-state index in [0.29, 0.717) is 12.4 Å². The fourth-order valence-electron chi connectivity index (χ4n) is 3.42. The number of hydrogen-bond acceptors (Lipinski definition) is 4. The van der Waals surface area contributed by atoms with Crippen molar-refractivity contribution in [3.63, 3.8) is 0 Å². The van der Waals surface area contributed by atoms with Crippen molar-refractivity contribution in [2.24, 2.45) is 0 Å². The maximum atomic E-state index is 11.9. The molecule has 170 valence electrons. The number of unbranched alkanes of at least 4 members (excludes halogenated alkanes) is 11. The molecule has 0 fully saturated rings. The highest BCUT2D eigenvalue weighted by molar-refractivity contribution is 5.79. The molecule has 0 saturated carbocycles. The van der Waals surface area contributed by atoms with Crippen molar-refractivity contribution in [3.8, 4) is 5.75 Å². The van der Waals surface area contributed by atoms with Gasteiger partial charge in [0, 0.05) is 0 Å². The van der Waals surface area contributed by atoms with Gasteiger partial charge in [-0.3, -0.25) is 9.59 Å². The van der Waals surface area contributed by atoms with Gasteiger partial charge < -0.3 is 9.47 Å². The molecule has 0 saturated heterocycles. The minimum Gasteiger partial charge on any atom is -0.466 e. The van der Waals surface area contributed by atoms with E-state index in [-0.39, 0.29) is 18.8 Å². The van der Waals surface area contributed by atoms with Gasteiger partial charge in [0.1, 0.15) is 5.75 Å². The average Bonchev–Trinajstić information content (AvgIpc) is 2.75. The number of esters is 2. The van der Waals surface area contributed by atoms with Crippen LogP contribution in [0.15, 0.2) is 24.3 Å². The predicted molar refractivity (Wildman–Crippen MR) is 123 cm³/mol. The predicted octanol–water partition coefficient (Wildman–Crippen LogP) is 7.18. The highest BCUT2D eigenvalue weighted by Crippen LogP contribution is 2.15. The van der Waals surface area contributed by atoms with Gasteiger partial charge in [0.05, 0.1) is 19.4 Å². The minimum atomic E-state index is -0.398. The molecule has 0 aromatic heterocycles. The molecule has 0 aliphatic heterocycles. The third-order valence-electron chi connectivity index (χ3n) is 5.33. The summed E-state index contributed by atoms with van der Waals surface area (Å²) in [5, 5.41) is 0. The van der Waals surface area contributed by atoms with Crippen LogP contribution in [0.1, 0.15) is 109 Å². The van der Waals surface area contributed by atoms with Crippen LogP contribution in [0.5, 0.6) is 5.75 Å². The van der Waals surface area contributed by atoms with Crippen LogP contribution in [0.2, 0.25) is 0 Å². The van der Waals surface area contributed by atoms with Crippen LogP contribution in [0.25, 0.3) is 0 Å². The molecule has 0 aliphatic carbocycles. The molecule has 0 spiro atoms. The van der Waals surface area contributed by atoms with Crippen LogP contribution in [0.4, 0.5) is 0 Å². The van der Waals surface area contributed by atoms with Crippen LogP contribution >= 0.6 is 0 Å². The molecular weight excluding hydrogens is 376 g/mol. The monoisotopic (exact) mass is 418 g/mol. The first-order chi connectivity index (χ1) is 14.7. The number of carbonyl (C=O) groups is 2. The van der Waals surface area contributed by atoms with Crippen LogP contribution < -0.4 is 4.74 Å². The van der Waals surface area contributed by atoms with E-state index in [0.717, 1.165) is 24.8 Å². The largest absolute Gasteiger partial charge is 0.466 e. The topological polar surface area (TPSA) is 52.6 Å². The van der Waals surface area contributed by atoms with E-state index in [9.17, 15) is 9.59 Å². The fraction of sp³-hybridized carbons (Fsp3) is 0.692. The molecule has 4 heteroatoms. The molecule has 0 heterocycles. The molecule has 0 atom stereocenters. The van der Waals surface area contributed by atoms with Gasteiger partial charge in [-0.2, -0.15) is 0 Å². The molecule has 1 rings (SSSR count). The minimum absolute atomic E-state index is 0.0492. The summed E-state index contributed by atoms with van der Waals surface area (Å²) in [6.07, 6.45) is 16.4. The van der Waals surface area contributed by atoms with Crippen LogP contribution in [-0.4, -0.2) is 18.5 Å². The second-order valence-electron chi connectivity index (χ2n) is 8.08. The van der Waals surface area contributed by atoms with E-state index in [1.807, 2.05) is 25.1 Å². The maximum absolute atomic E-state index is 11.9.